The molecule has 2 aliphatic rings. The van der Waals surface area contributed by atoms with Crippen molar-refractivity contribution in [1.29, 1.82) is 5.26 Å². The average Bonchev–Trinajstić information content (AvgIpc) is 3.61. The van der Waals surface area contributed by atoms with Gasteiger partial charge in [-0.25, -0.2) is 19.7 Å². The van der Waals surface area contributed by atoms with E-state index in [1.54, 1.807) is 29.5 Å². The van der Waals surface area contributed by atoms with Crippen LogP contribution >= 0.6 is 0 Å². The van der Waals surface area contributed by atoms with Gasteiger partial charge < -0.3 is 10.6 Å². The summed E-state index contributed by atoms with van der Waals surface area (Å²) in [6.45, 7) is 1.32. The SMILES string of the molecule is Cn1cc(-c2ccc(N(C(=O)NCc3ccccc3)C3CCC(Nc4ncc(C#N)c(-c5cnn(CC6CC6)c5)n4)CC3)nc2)cn1. The van der Waals surface area contributed by atoms with E-state index in [1.807, 2.05) is 71.5 Å². The van der Waals surface area contributed by atoms with Crippen LogP contribution in [0.2, 0.25) is 0 Å². The van der Waals surface area contributed by atoms with E-state index in [0.717, 1.165) is 54.5 Å². The summed E-state index contributed by atoms with van der Waals surface area (Å²) in [5.41, 5.74) is 4.77. The maximum atomic E-state index is 13.7. The first kappa shape index (κ1) is 30.1. The third kappa shape index (κ3) is 7.14. The zero-order chi connectivity index (χ0) is 32.2. The highest BCUT2D eigenvalue weighted by Gasteiger charge is 2.31. The normalized spacial score (nSPS) is 17.5. The number of aromatic nitrogens is 7. The molecule has 0 radical (unpaired) electrons. The van der Waals surface area contributed by atoms with E-state index in [9.17, 15) is 10.1 Å². The van der Waals surface area contributed by atoms with Crippen molar-refractivity contribution < 1.29 is 4.79 Å². The van der Waals surface area contributed by atoms with Gasteiger partial charge in [0, 0.05) is 67.5 Å². The van der Waals surface area contributed by atoms with Crippen LogP contribution in [0.15, 0.2) is 79.6 Å². The molecule has 4 aromatic heterocycles. The number of carbonyl (C=O) groups is 1. The summed E-state index contributed by atoms with van der Waals surface area (Å²) >= 11 is 0. The molecule has 0 unspecified atom stereocenters. The van der Waals surface area contributed by atoms with Crippen molar-refractivity contribution >= 4 is 17.8 Å². The van der Waals surface area contributed by atoms with Crippen LogP contribution in [0.4, 0.5) is 16.6 Å². The van der Waals surface area contributed by atoms with E-state index in [4.69, 9.17) is 9.97 Å². The highest BCUT2D eigenvalue weighted by atomic mass is 16.2. The van der Waals surface area contributed by atoms with Crippen LogP contribution in [0.1, 0.15) is 49.7 Å². The van der Waals surface area contributed by atoms with E-state index < -0.39 is 0 Å². The fourth-order valence-electron chi connectivity index (χ4n) is 6.15. The van der Waals surface area contributed by atoms with Gasteiger partial charge >= 0.3 is 6.03 Å². The molecule has 238 valence electrons. The summed E-state index contributed by atoms with van der Waals surface area (Å²) in [6, 6.07) is 15.9. The van der Waals surface area contributed by atoms with Crippen molar-refractivity contribution in [2.24, 2.45) is 13.0 Å². The maximum absolute atomic E-state index is 13.7. The molecule has 2 fully saturated rings. The Balaban J connectivity index is 1.04. The molecule has 1 aromatic carbocycles. The molecule has 0 atom stereocenters. The van der Waals surface area contributed by atoms with Gasteiger partial charge in [-0.3, -0.25) is 14.3 Å². The van der Waals surface area contributed by atoms with E-state index in [1.165, 1.54) is 12.8 Å². The first-order valence-corrected chi connectivity index (χ1v) is 16.1. The van der Waals surface area contributed by atoms with Crippen molar-refractivity contribution in [2.45, 2.75) is 63.7 Å². The summed E-state index contributed by atoms with van der Waals surface area (Å²) in [5, 5.41) is 25.1. The fraction of sp³-hybridized carbons (Fsp3) is 0.343. The number of nitrogens with one attached hydrogen (secondary N) is 2. The summed E-state index contributed by atoms with van der Waals surface area (Å²) in [4.78, 5) is 29.5. The quantitative estimate of drug-likeness (QED) is 0.205. The molecule has 47 heavy (non-hydrogen) atoms. The van der Waals surface area contributed by atoms with Crippen LogP contribution in [0, 0.1) is 17.2 Å². The lowest BCUT2D eigenvalue weighted by Gasteiger charge is -2.36. The second kappa shape index (κ2) is 13.4. The number of hydrogen-bond acceptors (Lipinski definition) is 8. The van der Waals surface area contributed by atoms with Crippen LogP contribution in [-0.2, 0) is 20.1 Å². The summed E-state index contributed by atoms with van der Waals surface area (Å²) in [5.74, 6) is 1.80. The molecule has 0 bridgehead atoms. The van der Waals surface area contributed by atoms with Crippen LogP contribution in [-0.4, -0.2) is 52.6 Å². The molecule has 7 rings (SSSR count). The lowest BCUT2D eigenvalue weighted by atomic mass is 9.90. The van der Waals surface area contributed by atoms with Gasteiger partial charge in [0.2, 0.25) is 5.95 Å². The largest absolute Gasteiger partial charge is 0.351 e. The highest BCUT2D eigenvalue weighted by Crippen LogP contribution is 2.32. The molecule has 2 saturated carbocycles. The molecule has 4 heterocycles. The number of hydrogen-bond donors (Lipinski definition) is 2. The molecule has 12 heteroatoms. The Bertz CT molecular complexity index is 1860. The molecule has 12 nitrogen and oxygen atoms in total. The molecule has 0 saturated heterocycles. The van der Waals surface area contributed by atoms with Crippen LogP contribution in [0.3, 0.4) is 0 Å². The number of nitrogens with zero attached hydrogens (tertiary/aromatic N) is 9. The Hall–Kier alpha value is -5.57. The Kier molecular flexibility index (Phi) is 8.60. The van der Waals surface area contributed by atoms with E-state index in [2.05, 4.69) is 31.9 Å². The minimum atomic E-state index is -0.172. The van der Waals surface area contributed by atoms with Gasteiger partial charge in [0.25, 0.3) is 0 Å². The zero-order valence-corrected chi connectivity index (χ0v) is 26.3. The van der Waals surface area contributed by atoms with Crippen molar-refractivity contribution in [1.82, 2.24) is 39.8 Å². The standard InChI is InChI=1S/C35H37N11O/c1-44-22-28(19-40-44)26-9-14-32(37-17-26)46(35(47)39-16-24-5-3-2-4-6-24)31-12-10-30(11-13-31)42-34-38-18-27(15-36)33(43-34)29-20-41-45(23-29)21-25-7-8-25/h2-6,9,14,17-20,22-23,25,30-31H,7-8,10-13,16,21H2,1H3,(H,39,47)(H,38,42,43). The topological polar surface area (TPSA) is 142 Å². The van der Waals surface area contributed by atoms with E-state index in [0.29, 0.717) is 35.5 Å². The van der Waals surface area contributed by atoms with Crippen LogP contribution in [0.5, 0.6) is 0 Å². The Morgan fingerprint density at radius 3 is 2.43 bits per heavy atom. The summed E-state index contributed by atoms with van der Waals surface area (Å²) in [6.07, 6.45) is 16.5. The number of nitriles is 1. The van der Waals surface area contributed by atoms with Gasteiger partial charge in [-0.2, -0.15) is 15.5 Å². The van der Waals surface area contributed by atoms with Gasteiger partial charge in [-0.15, -0.1) is 0 Å². The van der Waals surface area contributed by atoms with Crippen molar-refractivity contribution in [2.75, 3.05) is 10.2 Å². The second-order valence-electron chi connectivity index (χ2n) is 12.4. The zero-order valence-electron chi connectivity index (χ0n) is 26.3. The maximum Gasteiger partial charge on any atom is 0.323 e. The van der Waals surface area contributed by atoms with Gasteiger partial charge in [-0.05, 0) is 62.1 Å². The predicted molar refractivity (Wildman–Crippen MR) is 178 cm³/mol. The number of rotatable bonds is 10. The minimum absolute atomic E-state index is 0.0321. The first-order chi connectivity index (χ1) is 23.0. The van der Waals surface area contributed by atoms with Gasteiger partial charge in [0.1, 0.15) is 11.9 Å². The highest BCUT2D eigenvalue weighted by molar-refractivity contribution is 5.91. The monoisotopic (exact) mass is 627 g/mol. The fourth-order valence-corrected chi connectivity index (χ4v) is 6.15. The Morgan fingerprint density at radius 2 is 1.72 bits per heavy atom. The molecule has 2 aliphatic carbocycles. The van der Waals surface area contributed by atoms with Crippen molar-refractivity contribution in [3.63, 3.8) is 0 Å². The van der Waals surface area contributed by atoms with Gasteiger partial charge in [-0.1, -0.05) is 30.3 Å². The third-order valence-corrected chi connectivity index (χ3v) is 8.89. The van der Waals surface area contributed by atoms with Crippen molar-refractivity contribution in [3.05, 3.63) is 90.8 Å². The van der Waals surface area contributed by atoms with Crippen molar-refractivity contribution in [3.8, 4) is 28.5 Å². The lowest BCUT2D eigenvalue weighted by molar-refractivity contribution is 0.240. The number of benzene rings is 1. The second-order valence-corrected chi connectivity index (χ2v) is 12.4. The van der Waals surface area contributed by atoms with E-state index in [-0.39, 0.29) is 18.1 Å². The van der Waals surface area contributed by atoms with Crippen LogP contribution in [0.25, 0.3) is 22.4 Å². The summed E-state index contributed by atoms with van der Waals surface area (Å²) in [7, 11) is 1.88. The number of amides is 2. The summed E-state index contributed by atoms with van der Waals surface area (Å²) < 4.78 is 3.69. The first-order valence-electron chi connectivity index (χ1n) is 16.1. The van der Waals surface area contributed by atoms with Crippen LogP contribution < -0.4 is 15.5 Å². The molecule has 5 aromatic rings. The Labute approximate surface area is 273 Å². The molecule has 0 aliphatic heterocycles. The predicted octanol–water partition coefficient (Wildman–Crippen LogP) is 5.56. The molecule has 2 N–H and O–H groups in total. The Morgan fingerprint density at radius 1 is 0.915 bits per heavy atom. The van der Waals surface area contributed by atoms with Gasteiger partial charge in [0.15, 0.2) is 0 Å². The smallest absolute Gasteiger partial charge is 0.323 e. The molecular weight excluding hydrogens is 590 g/mol. The molecular formula is C35H37N11O. The number of pyridine rings is 1. The third-order valence-electron chi connectivity index (χ3n) is 8.89. The van der Waals surface area contributed by atoms with E-state index >= 15 is 0 Å². The number of anilines is 2. The average molecular weight is 628 g/mol. The lowest BCUT2D eigenvalue weighted by Crippen LogP contribution is -2.49. The molecule has 2 amide bonds. The molecule has 0 spiro atoms. The number of urea groups is 1. The van der Waals surface area contributed by atoms with Gasteiger partial charge in [0.05, 0.1) is 29.8 Å². The minimum Gasteiger partial charge on any atom is -0.351 e. The number of carbonyl (C=O) groups excluding carboxylic acids is 1. The number of aryl methyl sites for hydroxylation is 1.